The van der Waals surface area contributed by atoms with Crippen LogP contribution in [0.25, 0.3) is 0 Å². The number of benzene rings is 1. The van der Waals surface area contributed by atoms with Crippen molar-refractivity contribution in [2.24, 2.45) is 5.73 Å². The van der Waals surface area contributed by atoms with E-state index in [9.17, 15) is 4.79 Å². The van der Waals surface area contributed by atoms with Gasteiger partial charge in [-0.15, -0.1) is 11.8 Å². The number of amides is 2. The molecule has 0 saturated heterocycles. The molecule has 0 spiro atoms. The van der Waals surface area contributed by atoms with Crippen molar-refractivity contribution in [1.29, 1.82) is 0 Å². The minimum absolute atomic E-state index is 0.140. The molecule has 0 bridgehead atoms. The zero-order valence-electron chi connectivity index (χ0n) is 15.0. The molecule has 1 aliphatic carbocycles. The first kappa shape index (κ1) is 19.1. The Morgan fingerprint density at radius 3 is 2.42 bits per heavy atom. The highest BCUT2D eigenvalue weighted by Gasteiger charge is 2.29. The van der Waals surface area contributed by atoms with E-state index < -0.39 is 0 Å². The van der Waals surface area contributed by atoms with Gasteiger partial charge in [0.2, 0.25) is 0 Å². The lowest BCUT2D eigenvalue weighted by atomic mass is 10.00. The lowest BCUT2D eigenvalue weighted by Crippen LogP contribution is -2.51. The number of likely N-dealkylation sites (N-methyl/N-ethyl adjacent to an activating group) is 1. The van der Waals surface area contributed by atoms with Crippen LogP contribution in [0, 0.1) is 0 Å². The Morgan fingerprint density at radius 1 is 1.25 bits per heavy atom. The largest absolute Gasteiger partial charge is 0.336 e. The number of nitrogens with two attached hydrogens (primary N) is 1. The summed E-state index contributed by atoms with van der Waals surface area (Å²) in [6, 6.07) is 8.50. The molecule has 1 aromatic carbocycles. The monoisotopic (exact) mass is 350 g/mol. The minimum atomic E-state index is -0.216. The van der Waals surface area contributed by atoms with Gasteiger partial charge in [-0.05, 0) is 50.9 Å². The summed E-state index contributed by atoms with van der Waals surface area (Å²) in [5.41, 5.74) is 7.26. The number of urea groups is 1. The lowest BCUT2D eigenvalue weighted by Gasteiger charge is -2.27. The molecule has 0 radical (unpaired) electrons. The van der Waals surface area contributed by atoms with E-state index >= 15 is 0 Å². The van der Waals surface area contributed by atoms with E-state index in [2.05, 4.69) is 46.1 Å². The number of hydrogen-bond acceptors (Lipinski definition) is 4. The molecular formula is C18H30N4OS. The molecule has 24 heavy (non-hydrogen) atoms. The van der Waals surface area contributed by atoms with Crippen LogP contribution in [0.15, 0.2) is 29.2 Å². The number of carbonyl (C=O) groups excluding carboxylic acids is 1. The summed E-state index contributed by atoms with van der Waals surface area (Å²) in [5.74, 6) is 0. The molecule has 134 valence electrons. The SMILES string of the molecule is CSc1ccc(C(CNC(=O)NCC2(N)CCCC2)N(C)C)cc1. The molecule has 1 unspecified atom stereocenters. The van der Waals surface area contributed by atoms with Crippen molar-refractivity contribution < 1.29 is 4.79 Å². The van der Waals surface area contributed by atoms with E-state index in [0.717, 1.165) is 25.7 Å². The lowest BCUT2D eigenvalue weighted by molar-refractivity contribution is 0.229. The second kappa shape index (κ2) is 8.74. The van der Waals surface area contributed by atoms with E-state index in [4.69, 9.17) is 5.73 Å². The van der Waals surface area contributed by atoms with Crippen molar-refractivity contribution in [3.63, 3.8) is 0 Å². The predicted octanol–water partition coefficient (Wildman–Crippen LogP) is 2.58. The highest BCUT2D eigenvalue weighted by molar-refractivity contribution is 7.98. The molecule has 4 N–H and O–H groups in total. The summed E-state index contributed by atoms with van der Waals surface area (Å²) in [6.45, 7) is 1.11. The third kappa shape index (κ3) is 5.40. The highest BCUT2D eigenvalue weighted by atomic mass is 32.2. The van der Waals surface area contributed by atoms with E-state index in [0.29, 0.717) is 13.1 Å². The van der Waals surface area contributed by atoms with E-state index in [1.807, 2.05) is 14.1 Å². The maximum absolute atomic E-state index is 12.1. The number of nitrogens with zero attached hydrogens (tertiary/aromatic N) is 1. The van der Waals surface area contributed by atoms with Crippen LogP contribution in [-0.2, 0) is 0 Å². The van der Waals surface area contributed by atoms with E-state index in [1.54, 1.807) is 11.8 Å². The molecule has 2 amide bonds. The Morgan fingerprint density at radius 2 is 1.88 bits per heavy atom. The summed E-state index contributed by atoms with van der Waals surface area (Å²) < 4.78 is 0. The van der Waals surface area contributed by atoms with Gasteiger partial charge < -0.3 is 21.3 Å². The predicted molar refractivity (Wildman–Crippen MR) is 101 cm³/mol. The Labute approximate surface area is 149 Å². The number of carbonyl (C=O) groups is 1. The molecule has 6 heteroatoms. The fourth-order valence-corrected chi connectivity index (χ4v) is 3.60. The first-order valence-corrected chi connectivity index (χ1v) is 9.77. The van der Waals surface area contributed by atoms with Gasteiger partial charge in [0.25, 0.3) is 0 Å². The van der Waals surface area contributed by atoms with Crippen LogP contribution in [0.3, 0.4) is 0 Å². The van der Waals surface area contributed by atoms with Gasteiger partial charge >= 0.3 is 6.03 Å². The molecular weight excluding hydrogens is 320 g/mol. The fraction of sp³-hybridized carbons (Fsp3) is 0.611. The zero-order chi connectivity index (χ0) is 17.6. The van der Waals surface area contributed by atoms with Gasteiger partial charge in [0, 0.05) is 23.5 Å². The van der Waals surface area contributed by atoms with Crippen LogP contribution in [0.5, 0.6) is 0 Å². The molecule has 0 heterocycles. The third-order valence-corrected chi connectivity index (χ3v) is 5.52. The summed E-state index contributed by atoms with van der Waals surface area (Å²) in [4.78, 5) is 15.5. The quantitative estimate of drug-likeness (QED) is 0.661. The molecule has 2 rings (SSSR count). The maximum Gasteiger partial charge on any atom is 0.314 e. The summed E-state index contributed by atoms with van der Waals surface area (Å²) in [6.07, 6.45) is 6.38. The van der Waals surface area contributed by atoms with Gasteiger partial charge in [0.05, 0.1) is 6.04 Å². The van der Waals surface area contributed by atoms with Gasteiger partial charge in [-0.3, -0.25) is 0 Å². The van der Waals surface area contributed by atoms with E-state index in [-0.39, 0.29) is 17.6 Å². The average Bonchev–Trinajstić information content (AvgIpc) is 3.00. The minimum Gasteiger partial charge on any atom is -0.336 e. The number of thioether (sulfide) groups is 1. The molecule has 1 atom stereocenters. The molecule has 1 saturated carbocycles. The van der Waals surface area contributed by atoms with Crippen molar-refractivity contribution in [1.82, 2.24) is 15.5 Å². The normalized spacial score (nSPS) is 17.7. The Bertz CT molecular complexity index is 526. The van der Waals surface area contributed by atoms with Gasteiger partial charge in [-0.1, -0.05) is 25.0 Å². The summed E-state index contributed by atoms with van der Waals surface area (Å²) in [7, 11) is 4.06. The number of hydrogen-bond donors (Lipinski definition) is 3. The number of rotatable bonds is 7. The smallest absolute Gasteiger partial charge is 0.314 e. The summed E-state index contributed by atoms with van der Waals surface area (Å²) >= 11 is 1.73. The van der Waals surface area contributed by atoms with Gasteiger partial charge in [-0.25, -0.2) is 4.79 Å². The average molecular weight is 351 g/mol. The second-order valence-corrected chi connectivity index (χ2v) is 7.77. The molecule has 1 aromatic rings. The van der Waals surface area contributed by atoms with Crippen LogP contribution >= 0.6 is 11.8 Å². The fourth-order valence-electron chi connectivity index (χ4n) is 3.19. The molecule has 5 nitrogen and oxygen atoms in total. The Kier molecular flexibility index (Phi) is 6.95. The Hall–Kier alpha value is -1.24. The van der Waals surface area contributed by atoms with Gasteiger partial charge in [0.1, 0.15) is 0 Å². The van der Waals surface area contributed by atoms with Crippen molar-refractivity contribution in [2.45, 2.75) is 42.2 Å². The molecule has 0 aromatic heterocycles. The van der Waals surface area contributed by atoms with Crippen LogP contribution in [0.1, 0.15) is 37.3 Å². The Balaban J connectivity index is 1.85. The third-order valence-electron chi connectivity index (χ3n) is 4.78. The summed E-state index contributed by atoms with van der Waals surface area (Å²) in [5, 5.41) is 5.91. The second-order valence-electron chi connectivity index (χ2n) is 6.89. The van der Waals surface area contributed by atoms with Gasteiger partial charge in [0.15, 0.2) is 0 Å². The highest BCUT2D eigenvalue weighted by Crippen LogP contribution is 2.26. The molecule has 1 fully saturated rings. The zero-order valence-corrected chi connectivity index (χ0v) is 15.8. The first-order valence-electron chi connectivity index (χ1n) is 8.54. The van der Waals surface area contributed by atoms with Crippen molar-refractivity contribution in [2.75, 3.05) is 33.4 Å². The van der Waals surface area contributed by atoms with Crippen LogP contribution in [-0.4, -0.2) is 49.9 Å². The topological polar surface area (TPSA) is 70.4 Å². The van der Waals surface area contributed by atoms with Crippen molar-refractivity contribution in [3.8, 4) is 0 Å². The first-order chi connectivity index (χ1) is 11.4. The van der Waals surface area contributed by atoms with Crippen LogP contribution < -0.4 is 16.4 Å². The maximum atomic E-state index is 12.1. The van der Waals surface area contributed by atoms with E-state index in [1.165, 1.54) is 10.5 Å². The van der Waals surface area contributed by atoms with Crippen molar-refractivity contribution in [3.05, 3.63) is 29.8 Å². The van der Waals surface area contributed by atoms with Crippen LogP contribution in [0.4, 0.5) is 4.79 Å². The standard InChI is InChI=1S/C18H30N4OS/c1-22(2)16(14-6-8-15(24-3)9-7-14)12-20-17(23)21-13-18(19)10-4-5-11-18/h6-9,16H,4-5,10-13,19H2,1-3H3,(H2,20,21,23). The molecule has 0 aliphatic heterocycles. The molecule has 1 aliphatic rings. The number of nitrogens with one attached hydrogen (secondary N) is 2. The van der Waals surface area contributed by atoms with Crippen molar-refractivity contribution >= 4 is 17.8 Å². The van der Waals surface area contributed by atoms with Crippen LogP contribution in [0.2, 0.25) is 0 Å². The van der Waals surface area contributed by atoms with Gasteiger partial charge in [-0.2, -0.15) is 0 Å².